The molecule has 1 saturated carbocycles. The Morgan fingerprint density at radius 2 is 1.89 bits per heavy atom. The van der Waals surface area contributed by atoms with E-state index in [2.05, 4.69) is 37.4 Å². The molecule has 5 rings (SSSR count). The van der Waals surface area contributed by atoms with Gasteiger partial charge in [0.05, 0.1) is 42.5 Å². The zero-order valence-electron chi connectivity index (χ0n) is 20.5. The summed E-state index contributed by atoms with van der Waals surface area (Å²) < 4.78 is 52.8. The van der Waals surface area contributed by atoms with Crippen LogP contribution in [0, 0.1) is 5.82 Å². The lowest BCUT2D eigenvalue weighted by molar-refractivity contribution is -0.286. The van der Waals surface area contributed by atoms with Crippen molar-refractivity contribution in [2.75, 3.05) is 18.5 Å². The zero-order valence-corrected chi connectivity index (χ0v) is 22.6. The number of alkyl halides is 3. The summed E-state index contributed by atoms with van der Waals surface area (Å²) in [5.41, 5.74) is -0.386. The zero-order chi connectivity index (χ0) is 27.6. The average molecular weight is 646 g/mol. The molecule has 0 saturated heterocycles. The summed E-state index contributed by atoms with van der Waals surface area (Å²) in [6.45, 7) is 2.85. The molecule has 4 N–H and O–H groups in total. The van der Waals surface area contributed by atoms with Crippen molar-refractivity contribution in [3.63, 3.8) is 0 Å². The number of carbonyl (C=O) groups is 1. The maximum absolute atomic E-state index is 15.3. The van der Waals surface area contributed by atoms with Gasteiger partial charge in [-0.1, -0.05) is 42.5 Å². The van der Waals surface area contributed by atoms with E-state index in [1.807, 2.05) is 0 Å². The fraction of sp³-hybridized carbons (Fsp3) is 0.423. The number of hydrogen-bond donors (Lipinski definition) is 4. The number of benzene rings is 2. The maximum atomic E-state index is 15.3. The second-order valence-corrected chi connectivity index (χ2v) is 11.8. The molecule has 1 aromatic heterocycles. The molecule has 2 unspecified atom stereocenters. The standard InChI is InChI=1S/C26H26F3IN2O6/c1-24(2,12-34)22-6-13-5-17(16(27)8-18(13)32(22)10-15(35)11-33)31-23(36)25(9-21(25)30)14-3-4-19-20(7-14)38-26(28,29)37-19/h3-8,15,21,33-35H,9-12H2,1-2H3,(H,31,36)/t15?,21?,25-/m0/s1. The van der Waals surface area contributed by atoms with E-state index in [0.29, 0.717) is 28.6 Å². The van der Waals surface area contributed by atoms with Crippen molar-refractivity contribution in [3.05, 3.63) is 53.5 Å². The van der Waals surface area contributed by atoms with E-state index in [0.717, 1.165) is 0 Å². The number of nitrogens with one attached hydrogen (secondary N) is 1. The summed E-state index contributed by atoms with van der Waals surface area (Å²) in [7, 11) is 0. The van der Waals surface area contributed by atoms with Gasteiger partial charge in [0.25, 0.3) is 0 Å². The second kappa shape index (κ2) is 9.28. The lowest BCUT2D eigenvalue weighted by atomic mass is 9.90. The van der Waals surface area contributed by atoms with Crippen molar-refractivity contribution in [3.8, 4) is 11.5 Å². The summed E-state index contributed by atoms with van der Waals surface area (Å²) in [5, 5.41) is 32.6. The summed E-state index contributed by atoms with van der Waals surface area (Å²) in [6, 6.07) is 8.65. The third-order valence-corrected chi connectivity index (χ3v) is 8.63. The van der Waals surface area contributed by atoms with Crippen molar-refractivity contribution in [2.24, 2.45) is 0 Å². The molecule has 1 aliphatic heterocycles. The fourth-order valence-corrected chi connectivity index (χ4v) is 6.17. The summed E-state index contributed by atoms with van der Waals surface area (Å²) >= 11 is 2.10. The van der Waals surface area contributed by atoms with Gasteiger partial charge in [-0.2, -0.15) is 0 Å². The molecule has 1 aliphatic carbocycles. The van der Waals surface area contributed by atoms with Crippen LogP contribution in [0.2, 0.25) is 0 Å². The molecule has 1 amide bonds. The monoisotopic (exact) mass is 646 g/mol. The van der Waals surface area contributed by atoms with E-state index in [1.165, 1.54) is 30.3 Å². The number of fused-ring (bicyclic) bond motifs is 2. The number of aliphatic hydroxyl groups is 3. The first-order chi connectivity index (χ1) is 17.8. The van der Waals surface area contributed by atoms with Crippen molar-refractivity contribution in [1.82, 2.24) is 4.57 Å². The first-order valence-corrected chi connectivity index (χ1v) is 13.1. The molecule has 8 nitrogen and oxygen atoms in total. The van der Waals surface area contributed by atoms with Gasteiger partial charge in [-0.25, -0.2) is 4.39 Å². The molecule has 0 spiro atoms. The van der Waals surface area contributed by atoms with E-state index in [4.69, 9.17) is 0 Å². The lowest BCUT2D eigenvalue weighted by Gasteiger charge is -2.25. The van der Waals surface area contributed by atoms with Crippen molar-refractivity contribution < 1.29 is 42.8 Å². The summed E-state index contributed by atoms with van der Waals surface area (Å²) in [6.07, 6.45) is -4.46. The number of carbonyl (C=O) groups excluding carboxylic acids is 1. The highest BCUT2D eigenvalue weighted by atomic mass is 127. The van der Waals surface area contributed by atoms with Gasteiger partial charge in [-0.05, 0) is 36.2 Å². The van der Waals surface area contributed by atoms with Crippen LogP contribution >= 0.6 is 22.6 Å². The Kier molecular flexibility index (Phi) is 6.60. The van der Waals surface area contributed by atoms with Gasteiger partial charge in [-0.15, -0.1) is 8.78 Å². The minimum Gasteiger partial charge on any atom is -0.395 e. The molecule has 3 atom stereocenters. The smallest absolute Gasteiger partial charge is 0.395 e. The first kappa shape index (κ1) is 27.0. The Morgan fingerprint density at radius 1 is 1.21 bits per heavy atom. The Labute approximate surface area is 229 Å². The normalized spacial score (nSPS) is 22.5. The number of hydrogen-bond acceptors (Lipinski definition) is 6. The van der Waals surface area contributed by atoms with Crippen LogP contribution in [-0.2, 0) is 22.2 Å². The SMILES string of the molecule is CC(C)(CO)c1cc2cc(NC(=O)[C@]3(c4ccc5c(c4)OC(F)(F)O5)CC3I)c(F)cc2n1CC(O)CO. The number of anilines is 1. The lowest BCUT2D eigenvalue weighted by Crippen LogP contribution is -2.30. The second-order valence-electron chi connectivity index (χ2n) is 10.3. The minimum absolute atomic E-state index is 0.0211. The molecule has 0 bridgehead atoms. The van der Waals surface area contributed by atoms with Crippen LogP contribution in [-0.4, -0.2) is 55.3 Å². The Balaban J connectivity index is 1.49. The number of nitrogens with zero attached hydrogens (tertiary/aromatic N) is 1. The molecule has 204 valence electrons. The van der Waals surface area contributed by atoms with Gasteiger partial charge in [0.1, 0.15) is 5.82 Å². The van der Waals surface area contributed by atoms with E-state index < -0.39 is 41.6 Å². The quantitative estimate of drug-likeness (QED) is 0.219. The molecular formula is C26H26F3IN2O6. The molecule has 2 aliphatic rings. The average Bonchev–Trinajstić information content (AvgIpc) is 3.27. The van der Waals surface area contributed by atoms with Crippen LogP contribution in [0.1, 0.15) is 31.5 Å². The van der Waals surface area contributed by atoms with Gasteiger partial charge in [0, 0.05) is 26.5 Å². The topological polar surface area (TPSA) is 113 Å². The number of amides is 1. The molecule has 2 heterocycles. The Bertz CT molecular complexity index is 1430. The van der Waals surface area contributed by atoms with Crippen molar-refractivity contribution in [2.45, 2.75) is 54.0 Å². The van der Waals surface area contributed by atoms with Crippen LogP contribution in [0.25, 0.3) is 10.9 Å². The molecule has 1 fully saturated rings. The molecule has 3 aromatic rings. The molecule has 2 aromatic carbocycles. The van der Waals surface area contributed by atoms with Crippen LogP contribution in [0.4, 0.5) is 18.9 Å². The van der Waals surface area contributed by atoms with E-state index in [1.54, 1.807) is 24.5 Å². The highest BCUT2D eigenvalue weighted by Gasteiger charge is 2.60. The molecule has 12 heteroatoms. The largest absolute Gasteiger partial charge is 0.586 e. The molecule has 38 heavy (non-hydrogen) atoms. The van der Waals surface area contributed by atoms with Gasteiger partial charge < -0.3 is 34.7 Å². The van der Waals surface area contributed by atoms with Crippen LogP contribution in [0.15, 0.2) is 36.4 Å². The fourth-order valence-electron chi connectivity index (χ4n) is 4.84. The predicted molar refractivity (Wildman–Crippen MR) is 140 cm³/mol. The summed E-state index contributed by atoms with van der Waals surface area (Å²) in [4.78, 5) is 13.5. The Morgan fingerprint density at radius 3 is 2.53 bits per heavy atom. The van der Waals surface area contributed by atoms with E-state index in [-0.39, 0.29) is 34.3 Å². The molecule has 0 radical (unpaired) electrons. The predicted octanol–water partition coefficient (Wildman–Crippen LogP) is 3.81. The molecular weight excluding hydrogens is 620 g/mol. The van der Waals surface area contributed by atoms with Crippen LogP contribution in [0.5, 0.6) is 11.5 Å². The van der Waals surface area contributed by atoms with Gasteiger partial charge >= 0.3 is 6.29 Å². The first-order valence-electron chi connectivity index (χ1n) is 11.9. The number of rotatable bonds is 8. The highest BCUT2D eigenvalue weighted by Crippen LogP contribution is 2.56. The van der Waals surface area contributed by atoms with E-state index >= 15 is 4.39 Å². The third-order valence-electron chi connectivity index (χ3n) is 7.13. The van der Waals surface area contributed by atoms with Crippen LogP contribution in [0.3, 0.4) is 0 Å². The van der Waals surface area contributed by atoms with Crippen LogP contribution < -0.4 is 14.8 Å². The van der Waals surface area contributed by atoms with E-state index in [9.17, 15) is 28.9 Å². The number of halogens is 4. The summed E-state index contributed by atoms with van der Waals surface area (Å²) in [5.74, 6) is -1.52. The third kappa shape index (κ3) is 4.50. The number of aromatic nitrogens is 1. The van der Waals surface area contributed by atoms with Crippen molar-refractivity contribution >= 4 is 45.1 Å². The van der Waals surface area contributed by atoms with Gasteiger partial charge in [-0.3, -0.25) is 4.79 Å². The number of aliphatic hydroxyl groups excluding tert-OH is 3. The van der Waals surface area contributed by atoms with Gasteiger partial charge in [0.15, 0.2) is 11.5 Å². The number of ether oxygens (including phenoxy) is 2. The highest BCUT2D eigenvalue weighted by molar-refractivity contribution is 14.1. The maximum Gasteiger partial charge on any atom is 0.586 e. The van der Waals surface area contributed by atoms with Gasteiger partial charge in [0.2, 0.25) is 5.91 Å². The minimum atomic E-state index is -3.78. The Hall–Kier alpha value is -2.55. The van der Waals surface area contributed by atoms with Crippen molar-refractivity contribution in [1.29, 1.82) is 0 Å².